The van der Waals surface area contributed by atoms with Crippen LogP contribution in [0.15, 0.2) is 34.8 Å². The number of hydrogen-bond donors (Lipinski definition) is 1. The lowest BCUT2D eigenvalue weighted by Gasteiger charge is -2.10. The Hall–Kier alpha value is -1.95. The van der Waals surface area contributed by atoms with E-state index in [-0.39, 0.29) is 27.0 Å². The van der Waals surface area contributed by atoms with E-state index in [4.69, 9.17) is 10.5 Å². The first-order valence-electron chi connectivity index (χ1n) is 5.56. The summed E-state index contributed by atoms with van der Waals surface area (Å²) in [6.45, 7) is 0. The molecule has 0 fully saturated rings. The van der Waals surface area contributed by atoms with Crippen molar-refractivity contribution < 1.29 is 18.3 Å². The summed E-state index contributed by atoms with van der Waals surface area (Å²) in [5.41, 5.74) is 5.66. The standard InChI is InChI=1S/C14H10BrF2NO2/c1-20-13-6-12(17)10(15)5-9(13)14(19)8-4-7(18)2-3-11(8)16/h2-6H,18H2,1H3. The van der Waals surface area contributed by atoms with Gasteiger partial charge in [-0.25, -0.2) is 8.78 Å². The highest BCUT2D eigenvalue weighted by molar-refractivity contribution is 9.10. The first kappa shape index (κ1) is 14.5. The molecule has 0 atom stereocenters. The molecule has 2 rings (SSSR count). The van der Waals surface area contributed by atoms with Crippen LogP contribution < -0.4 is 10.5 Å². The van der Waals surface area contributed by atoms with Crippen LogP contribution in [0.5, 0.6) is 5.75 Å². The fraction of sp³-hybridized carbons (Fsp3) is 0.0714. The van der Waals surface area contributed by atoms with Gasteiger partial charge < -0.3 is 10.5 Å². The number of benzene rings is 2. The maximum Gasteiger partial charge on any atom is 0.199 e. The zero-order valence-electron chi connectivity index (χ0n) is 10.4. The molecule has 0 unspecified atom stereocenters. The summed E-state index contributed by atoms with van der Waals surface area (Å²) in [7, 11) is 1.30. The molecule has 0 bridgehead atoms. The Bertz CT molecular complexity index is 689. The van der Waals surface area contributed by atoms with Crippen LogP contribution in [0.3, 0.4) is 0 Å². The molecule has 0 spiro atoms. The van der Waals surface area contributed by atoms with Gasteiger partial charge in [0.05, 0.1) is 22.7 Å². The predicted octanol–water partition coefficient (Wildman–Crippen LogP) is 3.55. The minimum atomic E-state index is -0.702. The fourth-order valence-electron chi connectivity index (χ4n) is 1.74. The van der Waals surface area contributed by atoms with Crippen molar-refractivity contribution in [1.82, 2.24) is 0 Å². The van der Waals surface area contributed by atoms with E-state index in [1.165, 1.54) is 25.3 Å². The minimum absolute atomic E-state index is 0.0255. The molecule has 0 saturated heterocycles. The Morgan fingerprint density at radius 2 is 1.85 bits per heavy atom. The Balaban J connectivity index is 2.58. The molecule has 2 aromatic rings. The lowest BCUT2D eigenvalue weighted by Crippen LogP contribution is -2.08. The number of methoxy groups -OCH3 is 1. The molecular formula is C14H10BrF2NO2. The molecular weight excluding hydrogens is 332 g/mol. The maximum absolute atomic E-state index is 13.7. The van der Waals surface area contributed by atoms with Crippen LogP contribution in [0.1, 0.15) is 15.9 Å². The molecule has 0 radical (unpaired) electrons. The summed E-state index contributed by atoms with van der Waals surface area (Å²) in [4.78, 5) is 12.3. The molecule has 20 heavy (non-hydrogen) atoms. The SMILES string of the molecule is COc1cc(F)c(Br)cc1C(=O)c1cc(N)ccc1F. The average molecular weight is 342 g/mol. The number of nitrogens with two attached hydrogens (primary N) is 1. The topological polar surface area (TPSA) is 52.3 Å². The van der Waals surface area contributed by atoms with Crippen molar-refractivity contribution in [3.8, 4) is 5.75 Å². The van der Waals surface area contributed by atoms with Gasteiger partial charge in [-0.15, -0.1) is 0 Å². The highest BCUT2D eigenvalue weighted by Gasteiger charge is 2.20. The van der Waals surface area contributed by atoms with Gasteiger partial charge in [-0.05, 0) is 40.2 Å². The van der Waals surface area contributed by atoms with Crippen LogP contribution >= 0.6 is 15.9 Å². The van der Waals surface area contributed by atoms with Crippen molar-refractivity contribution in [2.75, 3.05) is 12.8 Å². The van der Waals surface area contributed by atoms with E-state index in [9.17, 15) is 13.6 Å². The summed E-state index contributed by atoms with van der Waals surface area (Å²) in [5, 5.41) is 0. The van der Waals surface area contributed by atoms with Crippen LogP contribution in [0.25, 0.3) is 0 Å². The van der Waals surface area contributed by atoms with Gasteiger partial charge in [0.1, 0.15) is 17.4 Å². The van der Waals surface area contributed by atoms with Crippen molar-refractivity contribution in [3.63, 3.8) is 0 Å². The second kappa shape index (κ2) is 5.58. The second-order valence-corrected chi connectivity index (χ2v) is 4.89. The lowest BCUT2D eigenvalue weighted by atomic mass is 10.0. The zero-order chi connectivity index (χ0) is 14.9. The quantitative estimate of drug-likeness (QED) is 0.686. The van der Waals surface area contributed by atoms with Gasteiger partial charge in [-0.3, -0.25) is 4.79 Å². The molecule has 0 amide bonds. The van der Waals surface area contributed by atoms with Crippen molar-refractivity contribution in [2.45, 2.75) is 0 Å². The number of carbonyl (C=O) groups excluding carboxylic acids is 1. The van der Waals surface area contributed by atoms with E-state index in [2.05, 4.69) is 15.9 Å². The Morgan fingerprint density at radius 1 is 1.15 bits per heavy atom. The molecule has 0 aliphatic rings. The van der Waals surface area contributed by atoms with E-state index >= 15 is 0 Å². The molecule has 6 heteroatoms. The van der Waals surface area contributed by atoms with E-state index in [0.717, 1.165) is 12.1 Å². The Kier molecular flexibility index (Phi) is 4.04. The van der Waals surface area contributed by atoms with Crippen LogP contribution in [-0.2, 0) is 0 Å². The Labute approximate surface area is 122 Å². The van der Waals surface area contributed by atoms with E-state index in [0.29, 0.717) is 0 Å². The van der Waals surface area contributed by atoms with E-state index < -0.39 is 17.4 Å². The molecule has 2 aromatic carbocycles. The number of nitrogen functional groups attached to an aromatic ring is 1. The average Bonchev–Trinajstić information content (AvgIpc) is 2.43. The third-order valence-electron chi connectivity index (χ3n) is 2.72. The fourth-order valence-corrected chi connectivity index (χ4v) is 2.08. The van der Waals surface area contributed by atoms with Gasteiger partial charge in [0, 0.05) is 11.8 Å². The summed E-state index contributed by atoms with van der Waals surface area (Å²) >= 11 is 2.98. The van der Waals surface area contributed by atoms with Gasteiger partial charge in [-0.1, -0.05) is 0 Å². The van der Waals surface area contributed by atoms with Crippen molar-refractivity contribution in [3.05, 3.63) is 57.6 Å². The number of hydrogen-bond acceptors (Lipinski definition) is 3. The van der Waals surface area contributed by atoms with E-state index in [1.54, 1.807) is 0 Å². The number of ketones is 1. The monoisotopic (exact) mass is 341 g/mol. The highest BCUT2D eigenvalue weighted by Crippen LogP contribution is 2.29. The number of carbonyl (C=O) groups is 1. The molecule has 0 saturated carbocycles. The first-order valence-corrected chi connectivity index (χ1v) is 6.36. The third kappa shape index (κ3) is 2.65. The molecule has 104 valence electrons. The van der Waals surface area contributed by atoms with Gasteiger partial charge in [-0.2, -0.15) is 0 Å². The second-order valence-electron chi connectivity index (χ2n) is 4.04. The maximum atomic E-state index is 13.7. The number of ether oxygens (including phenoxy) is 1. The molecule has 2 N–H and O–H groups in total. The first-order chi connectivity index (χ1) is 9.43. The third-order valence-corrected chi connectivity index (χ3v) is 3.33. The lowest BCUT2D eigenvalue weighted by molar-refractivity contribution is 0.103. The smallest absolute Gasteiger partial charge is 0.199 e. The Morgan fingerprint density at radius 3 is 2.50 bits per heavy atom. The zero-order valence-corrected chi connectivity index (χ0v) is 12.0. The van der Waals surface area contributed by atoms with Crippen LogP contribution in [0.2, 0.25) is 0 Å². The summed E-state index contributed by atoms with van der Waals surface area (Å²) in [6.07, 6.45) is 0. The molecule has 0 heterocycles. The summed E-state index contributed by atoms with van der Waals surface area (Å²) < 4.78 is 32.2. The molecule has 3 nitrogen and oxygen atoms in total. The van der Waals surface area contributed by atoms with Gasteiger partial charge in [0.15, 0.2) is 5.78 Å². The van der Waals surface area contributed by atoms with Crippen LogP contribution in [0, 0.1) is 11.6 Å². The largest absolute Gasteiger partial charge is 0.496 e. The highest BCUT2D eigenvalue weighted by atomic mass is 79.9. The molecule has 0 aliphatic carbocycles. The van der Waals surface area contributed by atoms with Crippen molar-refractivity contribution in [1.29, 1.82) is 0 Å². The normalized spacial score (nSPS) is 10.4. The van der Waals surface area contributed by atoms with Gasteiger partial charge in [0.2, 0.25) is 0 Å². The minimum Gasteiger partial charge on any atom is -0.496 e. The van der Waals surface area contributed by atoms with Crippen molar-refractivity contribution >= 4 is 27.4 Å². The summed E-state index contributed by atoms with van der Waals surface area (Å²) in [5.74, 6) is -1.89. The van der Waals surface area contributed by atoms with Crippen molar-refractivity contribution in [2.24, 2.45) is 0 Å². The number of anilines is 1. The number of halogens is 3. The molecule has 0 aromatic heterocycles. The predicted molar refractivity (Wildman–Crippen MR) is 74.9 cm³/mol. The van der Waals surface area contributed by atoms with Crippen LogP contribution in [0.4, 0.5) is 14.5 Å². The van der Waals surface area contributed by atoms with Crippen LogP contribution in [-0.4, -0.2) is 12.9 Å². The van der Waals surface area contributed by atoms with Gasteiger partial charge in [0.25, 0.3) is 0 Å². The molecule has 0 aliphatic heterocycles. The number of rotatable bonds is 3. The summed E-state index contributed by atoms with van der Waals surface area (Å²) in [6, 6.07) is 5.99. The van der Waals surface area contributed by atoms with E-state index in [1.807, 2.05) is 0 Å². The van der Waals surface area contributed by atoms with Gasteiger partial charge >= 0.3 is 0 Å².